The fraction of sp³-hybridized carbons (Fsp3) is 0.467. The van der Waals surface area contributed by atoms with Crippen LogP contribution in [0, 0.1) is 16.0 Å². The van der Waals surface area contributed by atoms with Crippen LogP contribution in [-0.2, 0) is 9.59 Å². The Balaban J connectivity index is 2.44. The van der Waals surface area contributed by atoms with Crippen molar-refractivity contribution in [3.63, 3.8) is 0 Å². The zero-order chi connectivity index (χ0) is 17.4. The van der Waals surface area contributed by atoms with Crippen molar-refractivity contribution in [1.29, 1.82) is 0 Å². The number of amides is 1. The molecule has 0 saturated carbocycles. The summed E-state index contributed by atoms with van der Waals surface area (Å²) in [5, 5.41) is 22.1. The van der Waals surface area contributed by atoms with Gasteiger partial charge in [-0.3, -0.25) is 14.9 Å². The quantitative estimate of drug-likeness (QED) is 0.529. The van der Waals surface area contributed by atoms with Crippen molar-refractivity contribution in [3.05, 3.63) is 34.4 Å². The molecule has 0 aromatic heterocycles. The molecule has 0 aliphatic rings. The molecule has 1 amide bonds. The number of hydrogen-bond acceptors (Lipinski definition) is 5. The SMILES string of the molecule is CCC(C)C(NC(=O)CCOc1ccc([N+](=O)[O-])cc1)C(=O)O. The molecule has 2 unspecified atom stereocenters. The van der Waals surface area contributed by atoms with Gasteiger partial charge in [0.2, 0.25) is 5.91 Å². The number of nitro benzene ring substituents is 1. The number of non-ortho nitro benzene ring substituents is 1. The highest BCUT2D eigenvalue weighted by molar-refractivity contribution is 5.83. The normalized spacial score (nSPS) is 13.0. The summed E-state index contributed by atoms with van der Waals surface area (Å²) >= 11 is 0. The van der Waals surface area contributed by atoms with Crippen LogP contribution in [0.2, 0.25) is 0 Å². The fourth-order valence-corrected chi connectivity index (χ4v) is 1.85. The lowest BCUT2D eigenvalue weighted by atomic mass is 9.99. The molecule has 1 rings (SSSR count). The topological polar surface area (TPSA) is 119 Å². The highest BCUT2D eigenvalue weighted by atomic mass is 16.6. The average molecular weight is 324 g/mol. The molecule has 0 saturated heterocycles. The lowest BCUT2D eigenvalue weighted by Gasteiger charge is -2.20. The Kier molecular flexibility index (Phi) is 6.98. The molecule has 0 heterocycles. The van der Waals surface area contributed by atoms with Gasteiger partial charge in [0.25, 0.3) is 5.69 Å². The van der Waals surface area contributed by atoms with Crippen LogP contribution < -0.4 is 10.1 Å². The van der Waals surface area contributed by atoms with Crippen LogP contribution in [0.25, 0.3) is 0 Å². The zero-order valence-electron chi connectivity index (χ0n) is 13.0. The second-order valence-corrected chi connectivity index (χ2v) is 5.12. The van der Waals surface area contributed by atoms with Crippen LogP contribution in [0.4, 0.5) is 5.69 Å². The molecule has 0 spiro atoms. The van der Waals surface area contributed by atoms with E-state index >= 15 is 0 Å². The minimum atomic E-state index is -1.07. The first-order valence-electron chi connectivity index (χ1n) is 7.24. The van der Waals surface area contributed by atoms with E-state index in [1.807, 2.05) is 6.92 Å². The number of carbonyl (C=O) groups excluding carboxylic acids is 1. The Morgan fingerprint density at radius 1 is 1.35 bits per heavy atom. The molecule has 126 valence electrons. The smallest absolute Gasteiger partial charge is 0.326 e. The van der Waals surface area contributed by atoms with Gasteiger partial charge in [-0.15, -0.1) is 0 Å². The first kappa shape index (κ1) is 18.4. The van der Waals surface area contributed by atoms with Gasteiger partial charge in [-0.25, -0.2) is 4.79 Å². The van der Waals surface area contributed by atoms with E-state index in [-0.39, 0.29) is 24.6 Å². The van der Waals surface area contributed by atoms with Gasteiger partial charge in [0, 0.05) is 12.1 Å². The molecule has 0 aliphatic carbocycles. The molecule has 1 aromatic rings. The molecule has 8 heteroatoms. The van der Waals surface area contributed by atoms with Crippen molar-refractivity contribution >= 4 is 17.6 Å². The molecule has 23 heavy (non-hydrogen) atoms. The van der Waals surface area contributed by atoms with Crippen molar-refractivity contribution < 1.29 is 24.4 Å². The van der Waals surface area contributed by atoms with Gasteiger partial charge in [-0.1, -0.05) is 20.3 Å². The Bertz CT molecular complexity index is 558. The maximum absolute atomic E-state index is 11.8. The number of carbonyl (C=O) groups is 2. The lowest BCUT2D eigenvalue weighted by molar-refractivity contribution is -0.384. The van der Waals surface area contributed by atoms with E-state index in [1.54, 1.807) is 6.92 Å². The van der Waals surface area contributed by atoms with Crippen molar-refractivity contribution in [2.75, 3.05) is 6.61 Å². The van der Waals surface area contributed by atoms with Crippen molar-refractivity contribution in [2.45, 2.75) is 32.7 Å². The number of nitro groups is 1. The maximum atomic E-state index is 11.8. The summed E-state index contributed by atoms with van der Waals surface area (Å²) < 4.78 is 5.31. The zero-order valence-corrected chi connectivity index (χ0v) is 13.0. The number of carboxylic acid groups (broad SMARTS) is 1. The predicted octanol–water partition coefficient (Wildman–Crippen LogP) is 1.98. The molecule has 8 nitrogen and oxygen atoms in total. The van der Waals surface area contributed by atoms with E-state index in [1.165, 1.54) is 24.3 Å². The van der Waals surface area contributed by atoms with Gasteiger partial charge in [0.15, 0.2) is 0 Å². The van der Waals surface area contributed by atoms with Gasteiger partial charge in [0.05, 0.1) is 18.0 Å². The summed E-state index contributed by atoms with van der Waals surface area (Å²) in [6, 6.07) is 4.56. The highest BCUT2D eigenvalue weighted by Gasteiger charge is 2.24. The van der Waals surface area contributed by atoms with E-state index in [0.717, 1.165) is 0 Å². The number of hydrogen-bond donors (Lipinski definition) is 2. The van der Waals surface area contributed by atoms with Crippen molar-refractivity contribution in [3.8, 4) is 5.75 Å². The number of nitrogens with one attached hydrogen (secondary N) is 1. The third-order valence-corrected chi connectivity index (χ3v) is 3.44. The van der Waals surface area contributed by atoms with Crippen LogP contribution in [0.15, 0.2) is 24.3 Å². The second-order valence-electron chi connectivity index (χ2n) is 5.12. The van der Waals surface area contributed by atoms with Gasteiger partial charge in [-0.05, 0) is 18.1 Å². The van der Waals surface area contributed by atoms with Crippen LogP contribution in [0.5, 0.6) is 5.75 Å². The van der Waals surface area contributed by atoms with Crippen LogP contribution >= 0.6 is 0 Å². The lowest BCUT2D eigenvalue weighted by Crippen LogP contribution is -2.45. The highest BCUT2D eigenvalue weighted by Crippen LogP contribution is 2.17. The number of aliphatic carboxylic acids is 1. The average Bonchev–Trinajstić information content (AvgIpc) is 2.52. The molecule has 0 bridgehead atoms. The van der Waals surface area contributed by atoms with Gasteiger partial charge in [0.1, 0.15) is 11.8 Å². The monoisotopic (exact) mass is 324 g/mol. The van der Waals surface area contributed by atoms with Gasteiger partial charge >= 0.3 is 5.97 Å². The number of carboxylic acids is 1. The number of nitrogens with zero attached hydrogens (tertiary/aromatic N) is 1. The molecule has 2 atom stereocenters. The van der Waals surface area contributed by atoms with Crippen molar-refractivity contribution in [2.24, 2.45) is 5.92 Å². The molecule has 0 aliphatic heterocycles. The molecule has 0 fully saturated rings. The van der Waals surface area contributed by atoms with Gasteiger partial charge in [-0.2, -0.15) is 0 Å². The summed E-state index contributed by atoms with van der Waals surface area (Å²) in [5.74, 6) is -1.25. The fourth-order valence-electron chi connectivity index (χ4n) is 1.85. The minimum Gasteiger partial charge on any atom is -0.493 e. The first-order chi connectivity index (χ1) is 10.8. The van der Waals surface area contributed by atoms with E-state index in [4.69, 9.17) is 9.84 Å². The summed E-state index contributed by atoms with van der Waals surface area (Å²) in [7, 11) is 0. The summed E-state index contributed by atoms with van der Waals surface area (Å²) in [6.45, 7) is 3.66. The molecule has 1 aromatic carbocycles. The van der Waals surface area contributed by atoms with E-state index < -0.39 is 22.8 Å². The van der Waals surface area contributed by atoms with Gasteiger partial charge < -0.3 is 15.2 Å². The molecule has 0 radical (unpaired) electrons. The second kappa shape index (κ2) is 8.72. The largest absolute Gasteiger partial charge is 0.493 e. The van der Waals surface area contributed by atoms with E-state index in [0.29, 0.717) is 12.2 Å². The molecular formula is C15H20N2O6. The number of benzene rings is 1. The third-order valence-electron chi connectivity index (χ3n) is 3.44. The van der Waals surface area contributed by atoms with Crippen LogP contribution in [-0.4, -0.2) is 34.6 Å². The molecular weight excluding hydrogens is 304 g/mol. The minimum absolute atomic E-state index is 0.00278. The summed E-state index contributed by atoms with van der Waals surface area (Å²) in [4.78, 5) is 32.9. The van der Waals surface area contributed by atoms with Crippen LogP contribution in [0.3, 0.4) is 0 Å². The van der Waals surface area contributed by atoms with E-state index in [2.05, 4.69) is 5.32 Å². The predicted molar refractivity (Wildman–Crippen MR) is 82.2 cm³/mol. The number of rotatable bonds is 9. The van der Waals surface area contributed by atoms with Crippen LogP contribution in [0.1, 0.15) is 26.7 Å². The Morgan fingerprint density at radius 2 is 1.96 bits per heavy atom. The Hall–Kier alpha value is -2.64. The summed E-state index contributed by atoms with van der Waals surface area (Å²) in [6.07, 6.45) is 0.633. The Labute approximate surface area is 133 Å². The van der Waals surface area contributed by atoms with Crippen molar-refractivity contribution in [1.82, 2.24) is 5.32 Å². The Morgan fingerprint density at radius 3 is 2.43 bits per heavy atom. The maximum Gasteiger partial charge on any atom is 0.326 e. The summed E-state index contributed by atoms with van der Waals surface area (Å²) in [5.41, 5.74) is -0.0482. The first-order valence-corrected chi connectivity index (χ1v) is 7.24. The third kappa shape index (κ3) is 5.93. The van der Waals surface area contributed by atoms with E-state index in [9.17, 15) is 19.7 Å². The molecule has 2 N–H and O–H groups in total. The standard InChI is InChI=1S/C15H20N2O6/c1-3-10(2)14(15(19)20)16-13(18)8-9-23-12-6-4-11(5-7-12)17(21)22/h4-7,10,14H,3,8-9H2,1-2H3,(H,16,18)(H,19,20). The number of ether oxygens (including phenoxy) is 1.